The van der Waals surface area contributed by atoms with Crippen molar-refractivity contribution in [3.8, 4) is 11.6 Å². The molecule has 0 atom stereocenters. The number of nitrogens with one attached hydrogen (secondary N) is 1. The Morgan fingerprint density at radius 1 is 0.923 bits per heavy atom. The van der Waals surface area contributed by atoms with Crippen molar-refractivity contribution in [3.63, 3.8) is 0 Å². The topological polar surface area (TPSA) is 54.7 Å². The van der Waals surface area contributed by atoms with Crippen LogP contribution >= 0.6 is 0 Å². The quantitative estimate of drug-likeness (QED) is 0.592. The smallest absolute Gasteiger partial charge is 0.247 e. The third-order valence-electron chi connectivity index (χ3n) is 5.09. The average molecular weight is 339 g/mol. The van der Waals surface area contributed by atoms with Crippen molar-refractivity contribution < 1.29 is 4.42 Å². The minimum Gasteiger partial charge on any atom is -0.443 e. The lowest BCUT2D eigenvalue weighted by Crippen LogP contribution is -2.30. The predicted molar refractivity (Wildman–Crippen MR) is 100 cm³/mol. The lowest BCUT2D eigenvalue weighted by molar-refractivity contribution is 0.571. The first-order valence-corrected chi connectivity index (χ1v) is 8.64. The fourth-order valence-electron chi connectivity index (χ4n) is 3.80. The number of nitrogens with zero attached hydrogens (tertiary/aromatic N) is 2. The van der Waals surface area contributed by atoms with Gasteiger partial charge in [-0.25, -0.2) is 4.98 Å². The van der Waals surface area contributed by atoms with Crippen LogP contribution in [-0.2, 0) is 11.8 Å². The van der Waals surface area contributed by atoms with Crippen LogP contribution in [0, 0.1) is 0 Å². The summed E-state index contributed by atoms with van der Waals surface area (Å²) in [6.45, 7) is 0. The number of rotatable bonds is 3. The molecule has 5 rings (SSSR count). The molecule has 0 unspecified atom stereocenters. The normalized spacial score (nSPS) is 14.9. The van der Waals surface area contributed by atoms with Gasteiger partial charge in [0, 0.05) is 23.1 Å². The van der Waals surface area contributed by atoms with Crippen LogP contribution in [0.2, 0.25) is 0 Å². The molecule has 0 fully saturated rings. The SMILES string of the molecule is C1=CC(c2ccccc2)(c2ccccc2)Cc2[nH]nc(-c3ncco3)c21. The predicted octanol–water partition coefficient (Wildman–Crippen LogP) is 4.62. The number of fused-ring (bicyclic) bond motifs is 1. The van der Waals surface area contributed by atoms with Crippen molar-refractivity contribution in [1.82, 2.24) is 15.2 Å². The van der Waals surface area contributed by atoms with Crippen LogP contribution in [0.1, 0.15) is 22.4 Å². The van der Waals surface area contributed by atoms with E-state index < -0.39 is 0 Å². The Kier molecular flexibility index (Phi) is 3.35. The molecule has 0 saturated carbocycles. The zero-order chi connectivity index (χ0) is 17.4. The molecule has 26 heavy (non-hydrogen) atoms. The van der Waals surface area contributed by atoms with E-state index in [1.807, 2.05) is 0 Å². The number of hydrogen-bond acceptors (Lipinski definition) is 3. The maximum absolute atomic E-state index is 5.44. The molecule has 1 aliphatic carbocycles. The molecule has 0 amide bonds. The number of oxazole rings is 1. The molecule has 0 saturated heterocycles. The maximum atomic E-state index is 5.44. The van der Waals surface area contributed by atoms with E-state index in [0.29, 0.717) is 5.89 Å². The first-order chi connectivity index (χ1) is 12.9. The van der Waals surface area contributed by atoms with Crippen LogP contribution in [0.3, 0.4) is 0 Å². The number of hydrogen-bond donors (Lipinski definition) is 1. The molecule has 2 heterocycles. The fourth-order valence-corrected chi connectivity index (χ4v) is 3.80. The summed E-state index contributed by atoms with van der Waals surface area (Å²) in [6, 6.07) is 21.2. The maximum Gasteiger partial charge on any atom is 0.247 e. The summed E-state index contributed by atoms with van der Waals surface area (Å²) >= 11 is 0. The van der Waals surface area contributed by atoms with Gasteiger partial charge in [0.2, 0.25) is 5.89 Å². The van der Waals surface area contributed by atoms with E-state index in [1.165, 1.54) is 11.1 Å². The molecular weight excluding hydrogens is 322 g/mol. The van der Waals surface area contributed by atoms with Gasteiger partial charge in [-0.3, -0.25) is 5.10 Å². The molecule has 2 aromatic heterocycles. The lowest BCUT2D eigenvalue weighted by Gasteiger charge is -2.34. The Morgan fingerprint density at radius 2 is 1.62 bits per heavy atom. The number of H-pyrrole nitrogens is 1. The number of allylic oxidation sites excluding steroid dienone is 1. The molecular formula is C22H17N3O. The van der Waals surface area contributed by atoms with Gasteiger partial charge in [0.15, 0.2) is 5.69 Å². The molecule has 0 bridgehead atoms. The zero-order valence-corrected chi connectivity index (χ0v) is 14.1. The number of aromatic amines is 1. The van der Waals surface area contributed by atoms with Crippen molar-refractivity contribution in [2.75, 3.05) is 0 Å². The summed E-state index contributed by atoms with van der Waals surface area (Å²) in [7, 11) is 0. The Hall–Kier alpha value is -3.40. The first kappa shape index (κ1) is 14.9. The van der Waals surface area contributed by atoms with E-state index in [1.54, 1.807) is 12.5 Å². The highest BCUT2D eigenvalue weighted by Crippen LogP contribution is 2.42. The van der Waals surface area contributed by atoms with Gasteiger partial charge in [-0.15, -0.1) is 0 Å². The minimum absolute atomic E-state index is 0.226. The fraction of sp³-hybridized carbons (Fsp3) is 0.0909. The van der Waals surface area contributed by atoms with E-state index in [-0.39, 0.29) is 5.41 Å². The van der Waals surface area contributed by atoms with Gasteiger partial charge < -0.3 is 4.42 Å². The van der Waals surface area contributed by atoms with E-state index in [4.69, 9.17) is 4.42 Å². The van der Waals surface area contributed by atoms with E-state index in [0.717, 1.165) is 23.4 Å². The molecule has 2 aromatic carbocycles. The van der Waals surface area contributed by atoms with Crippen molar-refractivity contribution in [2.24, 2.45) is 0 Å². The van der Waals surface area contributed by atoms with Crippen molar-refractivity contribution >= 4 is 6.08 Å². The van der Waals surface area contributed by atoms with Crippen LogP contribution in [0.4, 0.5) is 0 Å². The van der Waals surface area contributed by atoms with E-state index >= 15 is 0 Å². The first-order valence-electron chi connectivity index (χ1n) is 8.64. The third kappa shape index (κ3) is 2.23. The number of benzene rings is 2. The van der Waals surface area contributed by atoms with Crippen molar-refractivity contribution in [2.45, 2.75) is 11.8 Å². The zero-order valence-electron chi connectivity index (χ0n) is 14.1. The second kappa shape index (κ2) is 5.85. The van der Waals surface area contributed by atoms with Crippen LogP contribution in [-0.4, -0.2) is 15.2 Å². The summed E-state index contributed by atoms with van der Waals surface area (Å²) in [4.78, 5) is 4.24. The monoisotopic (exact) mass is 339 g/mol. The Bertz CT molecular complexity index is 1010. The van der Waals surface area contributed by atoms with Crippen molar-refractivity contribution in [3.05, 3.63) is 102 Å². The summed E-state index contributed by atoms with van der Waals surface area (Å²) in [5, 5.41) is 7.67. The van der Waals surface area contributed by atoms with Gasteiger partial charge in [0.05, 0.1) is 6.20 Å². The molecule has 0 spiro atoms. The minimum atomic E-state index is -0.226. The lowest BCUT2D eigenvalue weighted by atomic mass is 9.68. The third-order valence-corrected chi connectivity index (χ3v) is 5.09. The van der Waals surface area contributed by atoms with Crippen LogP contribution in [0.15, 0.2) is 83.6 Å². The summed E-state index contributed by atoms with van der Waals surface area (Å²) in [5.74, 6) is 0.541. The largest absolute Gasteiger partial charge is 0.443 e. The Balaban J connectivity index is 1.67. The molecule has 1 N–H and O–H groups in total. The Morgan fingerprint density at radius 3 is 2.23 bits per heavy atom. The van der Waals surface area contributed by atoms with E-state index in [9.17, 15) is 0 Å². The van der Waals surface area contributed by atoms with Gasteiger partial charge in [-0.1, -0.05) is 72.8 Å². The van der Waals surface area contributed by atoms with Gasteiger partial charge in [0.1, 0.15) is 6.26 Å². The van der Waals surface area contributed by atoms with E-state index in [2.05, 4.69) is 88.0 Å². The molecule has 4 aromatic rings. The Labute approximate surface area is 151 Å². The number of aromatic nitrogens is 3. The second-order valence-corrected chi connectivity index (χ2v) is 6.52. The van der Waals surface area contributed by atoms with Gasteiger partial charge in [-0.05, 0) is 11.1 Å². The highest BCUT2D eigenvalue weighted by Gasteiger charge is 2.36. The van der Waals surface area contributed by atoms with Crippen LogP contribution in [0.5, 0.6) is 0 Å². The molecule has 1 aliphatic rings. The average Bonchev–Trinajstić information content (AvgIpc) is 3.38. The van der Waals surface area contributed by atoms with Gasteiger partial charge in [0.25, 0.3) is 0 Å². The molecule has 4 heteroatoms. The highest BCUT2D eigenvalue weighted by atomic mass is 16.3. The van der Waals surface area contributed by atoms with Gasteiger partial charge in [-0.2, -0.15) is 5.10 Å². The molecule has 4 nitrogen and oxygen atoms in total. The molecule has 0 radical (unpaired) electrons. The summed E-state index contributed by atoms with van der Waals surface area (Å²) in [6.07, 6.45) is 8.44. The van der Waals surface area contributed by atoms with Crippen LogP contribution < -0.4 is 0 Å². The molecule has 126 valence electrons. The summed E-state index contributed by atoms with van der Waals surface area (Å²) in [5.41, 5.74) is 5.20. The highest BCUT2D eigenvalue weighted by molar-refractivity contribution is 5.73. The van der Waals surface area contributed by atoms with Crippen LogP contribution in [0.25, 0.3) is 17.7 Å². The molecule has 0 aliphatic heterocycles. The summed E-state index contributed by atoms with van der Waals surface area (Å²) < 4.78 is 5.44. The van der Waals surface area contributed by atoms with Gasteiger partial charge >= 0.3 is 0 Å². The standard InChI is InChI=1S/C22H17N3O/c1-3-7-16(8-4-1)22(17-9-5-2-6-10-17)12-11-18-19(15-22)24-25-20(18)21-23-13-14-26-21/h1-14H,15H2,(H,24,25). The second-order valence-electron chi connectivity index (χ2n) is 6.52. The van der Waals surface area contributed by atoms with Crippen molar-refractivity contribution in [1.29, 1.82) is 0 Å².